The Kier molecular flexibility index (Phi) is 4.65. The Morgan fingerprint density at radius 1 is 0.700 bits per heavy atom. The fourth-order valence-electron chi connectivity index (χ4n) is 5.01. The zero-order valence-corrected chi connectivity index (χ0v) is 14.1. The van der Waals surface area contributed by atoms with Gasteiger partial charge in [-0.25, -0.2) is 0 Å². The molecule has 0 amide bonds. The van der Waals surface area contributed by atoms with Crippen molar-refractivity contribution in [2.75, 3.05) is 0 Å². The van der Waals surface area contributed by atoms with Crippen molar-refractivity contribution in [3.8, 4) is 0 Å². The van der Waals surface area contributed by atoms with Gasteiger partial charge in [0.15, 0.2) is 0 Å². The van der Waals surface area contributed by atoms with Crippen LogP contribution in [0.2, 0.25) is 17.6 Å². The SMILES string of the molecule is C[Si](c1ccccc1)(C1CCCCC1)C1CCCCC1. The van der Waals surface area contributed by atoms with Crippen LogP contribution in [0.3, 0.4) is 0 Å². The maximum absolute atomic E-state index is 2.74. The number of hydrogen-bond acceptors (Lipinski definition) is 0. The van der Waals surface area contributed by atoms with Crippen LogP contribution in [0, 0.1) is 0 Å². The van der Waals surface area contributed by atoms with Gasteiger partial charge in [-0.15, -0.1) is 0 Å². The molecule has 2 fully saturated rings. The lowest BCUT2D eigenvalue weighted by Crippen LogP contribution is -2.53. The quantitative estimate of drug-likeness (QED) is 0.631. The smallest absolute Gasteiger partial charge is 0.0648 e. The molecule has 3 rings (SSSR count). The van der Waals surface area contributed by atoms with Crippen molar-refractivity contribution in [3.05, 3.63) is 30.3 Å². The average molecular weight is 287 g/mol. The van der Waals surface area contributed by atoms with Crippen molar-refractivity contribution in [2.24, 2.45) is 0 Å². The van der Waals surface area contributed by atoms with Gasteiger partial charge >= 0.3 is 0 Å². The molecular weight excluding hydrogens is 256 g/mol. The van der Waals surface area contributed by atoms with Crippen molar-refractivity contribution in [1.29, 1.82) is 0 Å². The standard InChI is InChI=1S/C19H30Si/c1-20(17-11-5-2-6-12-17,18-13-7-3-8-14-18)19-15-9-4-10-16-19/h2,5-6,11-12,18-19H,3-4,7-10,13-16H2,1H3. The Morgan fingerprint density at radius 3 is 1.60 bits per heavy atom. The summed E-state index contributed by atoms with van der Waals surface area (Å²) in [5.74, 6) is 0. The first-order valence-electron chi connectivity index (χ1n) is 8.87. The van der Waals surface area contributed by atoms with Crippen molar-refractivity contribution in [2.45, 2.75) is 81.8 Å². The Balaban J connectivity index is 1.92. The Labute approximate surface area is 126 Å². The second-order valence-corrected chi connectivity index (χ2v) is 12.1. The van der Waals surface area contributed by atoms with Crippen LogP contribution in [-0.4, -0.2) is 8.07 Å². The molecule has 1 aromatic carbocycles. The van der Waals surface area contributed by atoms with E-state index in [2.05, 4.69) is 36.9 Å². The summed E-state index contributed by atoms with van der Waals surface area (Å²) >= 11 is 0. The first kappa shape index (κ1) is 14.4. The fourth-order valence-corrected chi connectivity index (χ4v) is 10.7. The maximum Gasteiger partial charge on any atom is 0.0897 e. The van der Waals surface area contributed by atoms with Crippen molar-refractivity contribution in [3.63, 3.8) is 0 Å². The van der Waals surface area contributed by atoms with Gasteiger partial charge in [0.2, 0.25) is 0 Å². The number of rotatable bonds is 3. The van der Waals surface area contributed by atoms with Crippen LogP contribution >= 0.6 is 0 Å². The molecule has 2 aliphatic rings. The van der Waals surface area contributed by atoms with Gasteiger partial charge in [-0.1, -0.05) is 106 Å². The molecule has 0 nitrogen and oxygen atoms in total. The van der Waals surface area contributed by atoms with E-state index in [1.807, 2.05) is 0 Å². The van der Waals surface area contributed by atoms with Crippen molar-refractivity contribution < 1.29 is 0 Å². The maximum atomic E-state index is 2.74. The zero-order chi connectivity index (χ0) is 13.8. The van der Waals surface area contributed by atoms with Crippen LogP contribution in [0.25, 0.3) is 0 Å². The third kappa shape index (κ3) is 2.74. The predicted octanol–water partition coefficient (Wildman–Crippen LogP) is 5.64. The summed E-state index contributed by atoms with van der Waals surface area (Å²) in [4.78, 5) is 0. The van der Waals surface area contributed by atoms with Crippen LogP contribution in [-0.2, 0) is 0 Å². The van der Waals surface area contributed by atoms with E-state index in [1.54, 1.807) is 5.19 Å². The van der Waals surface area contributed by atoms with Crippen molar-refractivity contribution in [1.82, 2.24) is 0 Å². The molecule has 1 aromatic rings. The lowest BCUT2D eigenvalue weighted by Gasteiger charge is -2.46. The highest BCUT2D eigenvalue weighted by atomic mass is 28.3. The summed E-state index contributed by atoms with van der Waals surface area (Å²) < 4.78 is 0. The monoisotopic (exact) mass is 286 g/mol. The van der Waals surface area contributed by atoms with E-state index in [4.69, 9.17) is 0 Å². The second kappa shape index (κ2) is 6.47. The molecule has 0 N–H and O–H groups in total. The summed E-state index contributed by atoms with van der Waals surface area (Å²) in [6.07, 6.45) is 15.0. The number of benzene rings is 1. The van der Waals surface area contributed by atoms with Gasteiger partial charge in [0.05, 0.1) is 8.07 Å². The molecule has 0 aliphatic heterocycles. The van der Waals surface area contributed by atoms with Gasteiger partial charge in [0.25, 0.3) is 0 Å². The van der Waals surface area contributed by atoms with Gasteiger partial charge in [-0.2, -0.15) is 0 Å². The molecule has 2 saturated carbocycles. The van der Waals surface area contributed by atoms with E-state index in [1.165, 1.54) is 64.2 Å². The predicted molar refractivity (Wildman–Crippen MR) is 91.4 cm³/mol. The van der Waals surface area contributed by atoms with Gasteiger partial charge in [-0.05, 0) is 11.1 Å². The highest BCUT2D eigenvalue weighted by molar-refractivity contribution is 6.93. The van der Waals surface area contributed by atoms with Crippen LogP contribution in [0.15, 0.2) is 30.3 Å². The van der Waals surface area contributed by atoms with Gasteiger partial charge in [0.1, 0.15) is 0 Å². The summed E-state index contributed by atoms with van der Waals surface area (Å²) in [5.41, 5.74) is 2.11. The third-order valence-corrected chi connectivity index (χ3v) is 12.4. The molecule has 20 heavy (non-hydrogen) atoms. The Hall–Kier alpha value is -0.563. The van der Waals surface area contributed by atoms with Crippen LogP contribution in [0.5, 0.6) is 0 Å². The molecule has 0 atom stereocenters. The lowest BCUT2D eigenvalue weighted by molar-refractivity contribution is 0.457. The molecular formula is C19H30Si. The van der Waals surface area contributed by atoms with Gasteiger partial charge in [-0.3, -0.25) is 0 Å². The van der Waals surface area contributed by atoms with E-state index in [0.29, 0.717) is 0 Å². The molecule has 0 radical (unpaired) electrons. The fraction of sp³-hybridized carbons (Fsp3) is 0.684. The van der Waals surface area contributed by atoms with Crippen molar-refractivity contribution >= 4 is 13.3 Å². The lowest BCUT2D eigenvalue weighted by atomic mass is 9.99. The number of hydrogen-bond donors (Lipinski definition) is 0. The first-order chi connectivity index (χ1) is 9.82. The molecule has 0 heterocycles. The van der Waals surface area contributed by atoms with Crippen LogP contribution < -0.4 is 5.19 Å². The first-order valence-corrected chi connectivity index (χ1v) is 11.5. The normalized spacial score (nSPS) is 22.9. The minimum absolute atomic E-state index is 1.06. The molecule has 0 aromatic heterocycles. The summed E-state index contributed by atoms with van der Waals surface area (Å²) in [5, 5.41) is 1.76. The minimum atomic E-state index is -1.32. The molecule has 1 heteroatoms. The molecule has 110 valence electrons. The van der Waals surface area contributed by atoms with E-state index in [0.717, 1.165) is 11.1 Å². The highest BCUT2D eigenvalue weighted by Crippen LogP contribution is 2.47. The third-order valence-electron chi connectivity index (χ3n) is 6.30. The Bertz CT molecular complexity index is 381. The zero-order valence-electron chi connectivity index (χ0n) is 13.1. The minimum Gasteiger partial charge on any atom is -0.0648 e. The van der Waals surface area contributed by atoms with Gasteiger partial charge in [0, 0.05) is 0 Å². The van der Waals surface area contributed by atoms with E-state index in [9.17, 15) is 0 Å². The summed E-state index contributed by atoms with van der Waals surface area (Å²) in [6, 6.07) is 11.7. The topological polar surface area (TPSA) is 0 Å². The summed E-state index contributed by atoms with van der Waals surface area (Å²) in [7, 11) is -1.32. The average Bonchev–Trinajstić information content (AvgIpc) is 2.56. The van der Waals surface area contributed by atoms with Gasteiger partial charge < -0.3 is 0 Å². The highest BCUT2D eigenvalue weighted by Gasteiger charge is 2.44. The molecule has 2 aliphatic carbocycles. The molecule has 0 saturated heterocycles. The largest absolute Gasteiger partial charge is 0.0897 e. The Morgan fingerprint density at radius 2 is 1.15 bits per heavy atom. The van der Waals surface area contributed by atoms with E-state index >= 15 is 0 Å². The second-order valence-electron chi connectivity index (χ2n) is 7.32. The van der Waals surface area contributed by atoms with E-state index in [-0.39, 0.29) is 0 Å². The van der Waals surface area contributed by atoms with Crippen LogP contribution in [0.1, 0.15) is 64.2 Å². The molecule has 0 unspecified atom stereocenters. The summed E-state index contributed by atoms with van der Waals surface area (Å²) in [6.45, 7) is 2.74. The van der Waals surface area contributed by atoms with E-state index < -0.39 is 8.07 Å². The molecule has 0 bridgehead atoms. The van der Waals surface area contributed by atoms with Crippen LogP contribution in [0.4, 0.5) is 0 Å². The molecule has 0 spiro atoms.